The summed E-state index contributed by atoms with van der Waals surface area (Å²) in [6.45, 7) is 2.43. The number of nitrogens with one attached hydrogen (secondary N) is 1. The first kappa shape index (κ1) is 14.5. The molecule has 2 aliphatic rings. The second kappa shape index (κ2) is 5.34. The van der Waals surface area contributed by atoms with Crippen LogP contribution < -0.4 is 4.90 Å². The average molecular weight is 337 g/mol. The Bertz CT molecular complexity index is 913. The summed E-state index contributed by atoms with van der Waals surface area (Å²) in [4.78, 5) is 29.1. The number of amides is 1. The zero-order chi connectivity index (χ0) is 16.9. The molecule has 1 saturated heterocycles. The Morgan fingerprint density at radius 2 is 2.16 bits per heavy atom. The molecule has 0 bridgehead atoms. The molecule has 0 unspecified atom stereocenters. The van der Waals surface area contributed by atoms with Gasteiger partial charge in [-0.05, 0) is 37.5 Å². The summed E-state index contributed by atoms with van der Waals surface area (Å²) >= 11 is 0. The molecule has 1 amide bonds. The van der Waals surface area contributed by atoms with Crippen LogP contribution in [0.25, 0.3) is 11.0 Å². The van der Waals surface area contributed by atoms with Gasteiger partial charge in [-0.3, -0.25) is 4.79 Å². The number of nitrogens with zero attached hydrogens (tertiary/aromatic N) is 4. The van der Waals surface area contributed by atoms with Crippen LogP contribution >= 0.6 is 0 Å². The molecular weight excluding hydrogens is 318 g/mol. The Kier molecular flexibility index (Phi) is 3.10. The fourth-order valence-corrected chi connectivity index (χ4v) is 3.89. The molecule has 7 nitrogen and oxygen atoms in total. The van der Waals surface area contributed by atoms with E-state index in [4.69, 9.17) is 4.42 Å². The van der Waals surface area contributed by atoms with Crippen LogP contribution in [0.3, 0.4) is 0 Å². The van der Waals surface area contributed by atoms with Crippen molar-refractivity contribution < 1.29 is 9.21 Å². The first-order chi connectivity index (χ1) is 12.3. The molecule has 1 aliphatic heterocycles. The van der Waals surface area contributed by atoms with Crippen LogP contribution in [0.15, 0.2) is 41.4 Å². The molecule has 128 valence electrons. The quantitative estimate of drug-likeness (QED) is 0.777. The van der Waals surface area contributed by atoms with E-state index in [9.17, 15) is 4.79 Å². The number of aromatic amines is 1. The third-order valence-corrected chi connectivity index (χ3v) is 5.30. The van der Waals surface area contributed by atoms with Crippen molar-refractivity contribution in [2.75, 3.05) is 24.5 Å². The predicted octanol–water partition coefficient (Wildman–Crippen LogP) is 2.44. The first-order valence-corrected chi connectivity index (χ1v) is 8.65. The van der Waals surface area contributed by atoms with Gasteiger partial charge >= 0.3 is 0 Å². The summed E-state index contributed by atoms with van der Waals surface area (Å²) in [5, 5.41) is 1.03. The van der Waals surface area contributed by atoms with E-state index in [1.54, 1.807) is 24.7 Å². The van der Waals surface area contributed by atoms with Gasteiger partial charge in [0, 0.05) is 25.8 Å². The van der Waals surface area contributed by atoms with Gasteiger partial charge in [-0.25, -0.2) is 9.97 Å². The van der Waals surface area contributed by atoms with E-state index < -0.39 is 0 Å². The fourth-order valence-electron chi connectivity index (χ4n) is 3.89. The molecule has 0 atom stereocenters. The van der Waals surface area contributed by atoms with Crippen molar-refractivity contribution in [1.82, 2.24) is 19.9 Å². The number of H-pyrrole nitrogens is 1. The summed E-state index contributed by atoms with van der Waals surface area (Å²) in [6.07, 6.45) is 8.00. The fraction of sp³-hybridized carbons (Fsp3) is 0.389. The molecule has 0 aromatic carbocycles. The van der Waals surface area contributed by atoms with Gasteiger partial charge < -0.3 is 19.2 Å². The van der Waals surface area contributed by atoms with Crippen molar-refractivity contribution in [2.24, 2.45) is 0 Å². The Morgan fingerprint density at radius 3 is 2.96 bits per heavy atom. The standard InChI is InChI=1S/C18H19N5O2/c24-17(14-3-1-10-25-14)23-9-2-8-22(11-18(23)5-6-18)16-13-4-7-19-15(13)20-12-21-16/h1,3-4,7,10,12H,2,5-6,8-9,11H2,(H,19,20,21). The number of fused-ring (bicyclic) bond motifs is 1. The molecule has 25 heavy (non-hydrogen) atoms. The largest absolute Gasteiger partial charge is 0.459 e. The Balaban J connectivity index is 1.47. The summed E-state index contributed by atoms with van der Waals surface area (Å²) < 4.78 is 5.34. The van der Waals surface area contributed by atoms with Gasteiger partial charge in [0.15, 0.2) is 5.76 Å². The molecule has 7 heteroatoms. The lowest BCUT2D eigenvalue weighted by molar-refractivity contribution is 0.0637. The van der Waals surface area contributed by atoms with E-state index >= 15 is 0 Å². The van der Waals surface area contributed by atoms with Gasteiger partial charge in [-0.1, -0.05) is 0 Å². The average Bonchev–Trinajstić information content (AvgIpc) is 3.05. The number of carbonyl (C=O) groups is 1. The summed E-state index contributed by atoms with van der Waals surface area (Å²) in [7, 11) is 0. The Hall–Kier alpha value is -2.83. The second-order valence-electron chi connectivity index (χ2n) is 6.87. The van der Waals surface area contributed by atoms with Gasteiger partial charge in [0.05, 0.1) is 17.2 Å². The van der Waals surface area contributed by atoms with Crippen LogP contribution in [0.1, 0.15) is 29.8 Å². The maximum atomic E-state index is 12.9. The van der Waals surface area contributed by atoms with Crippen LogP contribution in [0, 0.1) is 0 Å². The van der Waals surface area contributed by atoms with E-state index in [0.29, 0.717) is 5.76 Å². The highest BCUT2D eigenvalue weighted by molar-refractivity contribution is 5.92. The molecule has 1 spiro atoms. The van der Waals surface area contributed by atoms with Crippen molar-refractivity contribution in [1.29, 1.82) is 0 Å². The lowest BCUT2D eigenvalue weighted by atomic mass is 10.2. The Labute approximate surface area is 144 Å². The lowest BCUT2D eigenvalue weighted by Crippen LogP contribution is -2.46. The minimum absolute atomic E-state index is 0.00108. The van der Waals surface area contributed by atoms with Gasteiger partial charge in [0.2, 0.25) is 0 Å². The lowest BCUT2D eigenvalue weighted by Gasteiger charge is -2.32. The summed E-state index contributed by atoms with van der Waals surface area (Å²) in [5.74, 6) is 1.37. The molecule has 5 rings (SSSR count). The minimum atomic E-state index is -0.103. The van der Waals surface area contributed by atoms with Crippen molar-refractivity contribution in [3.05, 3.63) is 42.7 Å². The molecule has 4 heterocycles. The van der Waals surface area contributed by atoms with E-state index in [0.717, 1.165) is 55.7 Å². The number of anilines is 1. The van der Waals surface area contributed by atoms with Gasteiger partial charge in [0.1, 0.15) is 17.8 Å². The third kappa shape index (κ3) is 2.30. The Morgan fingerprint density at radius 1 is 1.24 bits per heavy atom. The molecule has 3 aromatic heterocycles. The number of aromatic nitrogens is 3. The summed E-state index contributed by atoms with van der Waals surface area (Å²) in [6, 6.07) is 5.52. The topological polar surface area (TPSA) is 78.3 Å². The van der Waals surface area contributed by atoms with E-state index in [1.807, 2.05) is 17.2 Å². The highest BCUT2D eigenvalue weighted by Crippen LogP contribution is 2.45. The molecule has 1 saturated carbocycles. The van der Waals surface area contributed by atoms with Gasteiger partial charge in [0.25, 0.3) is 5.91 Å². The minimum Gasteiger partial charge on any atom is -0.459 e. The van der Waals surface area contributed by atoms with Gasteiger partial charge in [-0.15, -0.1) is 0 Å². The van der Waals surface area contributed by atoms with Crippen LogP contribution in [-0.2, 0) is 0 Å². The third-order valence-electron chi connectivity index (χ3n) is 5.30. The number of carbonyl (C=O) groups excluding carboxylic acids is 1. The predicted molar refractivity (Wildman–Crippen MR) is 92.4 cm³/mol. The first-order valence-electron chi connectivity index (χ1n) is 8.65. The monoisotopic (exact) mass is 337 g/mol. The molecule has 1 aliphatic carbocycles. The number of hydrogen-bond donors (Lipinski definition) is 1. The zero-order valence-electron chi connectivity index (χ0n) is 13.8. The smallest absolute Gasteiger partial charge is 0.290 e. The van der Waals surface area contributed by atoms with Crippen molar-refractivity contribution in [3.63, 3.8) is 0 Å². The van der Waals surface area contributed by atoms with Gasteiger partial charge in [-0.2, -0.15) is 0 Å². The highest BCUT2D eigenvalue weighted by atomic mass is 16.3. The summed E-state index contributed by atoms with van der Waals surface area (Å²) in [5.41, 5.74) is 0.746. The second-order valence-corrected chi connectivity index (χ2v) is 6.87. The maximum Gasteiger partial charge on any atom is 0.290 e. The van der Waals surface area contributed by atoms with Crippen LogP contribution in [0.2, 0.25) is 0 Å². The molecule has 1 N–H and O–H groups in total. The van der Waals surface area contributed by atoms with Crippen LogP contribution in [0.5, 0.6) is 0 Å². The van der Waals surface area contributed by atoms with Crippen molar-refractivity contribution in [3.8, 4) is 0 Å². The number of hydrogen-bond acceptors (Lipinski definition) is 5. The molecule has 0 radical (unpaired) electrons. The van der Waals surface area contributed by atoms with Crippen LogP contribution in [-0.4, -0.2) is 50.9 Å². The highest BCUT2D eigenvalue weighted by Gasteiger charge is 2.52. The zero-order valence-corrected chi connectivity index (χ0v) is 13.8. The molecule has 2 fully saturated rings. The molecule has 3 aromatic rings. The van der Waals surface area contributed by atoms with E-state index in [2.05, 4.69) is 19.9 Å². The SMILES string of the molecule is O=C(c1ccco1)N1CCCN(c2ncnc3[nH]ccc23)CC12CC2. The van der Waals surface area contributed by atoms with E-state index in [1.165, 1.54) is 0 Å². The maximum absolute atomic E-state index is 12.9. The normalized spacial score (nSPS) is 19.4. The van der Waals surface area contributed by atoms with Crippen LogP contribution in [0.4, 0.5) is 5.82 Å². The molecular formula is C18H19N5O2. The van der Waals surface area contributed by atoms with E-state index in [-0.39, 0.29) is 11.4 Å². The van der Waals surface area contributed by atoms with Crippen molar-refractivity contribution >= 4 is 22.8 Å². The number of rotatable bonds is 2. The van der Waals surface area contributed by atoms with Crippen molar-refractivity contribution in [2.45, 2.75) is 24.8 Å². The number of furan rings is 1.